The minimum atomic E-state index is -0.559. The van der Waals surface area contributed by atoms with Crippen molar-refractivity contribution in [3.63, 3.8) is 0 Å². The van der Waals surface area contributed by atoms with Crippen molar-refractivity contribution in [1.29, 1.82) is 0 Å². The number of fused-ring (bicyclic) bond motifs is 1. The normalized spacial score (nSPS) is 10.7. The van der Waals surface area contributed by atoms with Crippen LogP contribution in [-0.2, 0) is 0 Å². The highest BCUT2D eigenvalue weighted by Gasteiger charge is 2.25. The van der Waals surface area contributed by atoms with E-state index in [0.717, 1.165) is 10.8 Å². The molecule has 0 unspecified atom stereocenters. The van der Waals surface area contributed by atoms with Crippen molar-refractivity contribution in [2.24, 2.45) is 0 Å². The van der Waals surface area contributed by atoms with E-state index in [1.165, 1.54) is 19.2 Å². The Morgan fingerprint density at radius 3 is 2.00 bits per heavy atom. The van der Waals surface area contributed by atoms with Gasteiger partial charge in [0.25, 0.3) is 0 Å². The molecule has 0 aliphatic rings. The van der Waals surface area contributed by atoms with E-state index in [9.17, 15) is 9.18 Å². The molecule has 0 atom stereocenters. The van der Waals surface area contributed by atoms with Crippen LogP contribution in [0.4, 0.5) is 4.39 Å². The van der Waals surface area contributed by atoms with Gasteiger partial charge in [0.15, 0.2) is 5.78 Å². The highest BCUT2D eigenvalue weighted by molar-refractivity contribution is 6.16. The molecule has 0 heterocycles. The summed E-state index contributed by atoms with van der Waals surface area (Å²) >= 11 is 0. The Morgan fingerprint density at radius 2 is 1.42 bits per heavy atom. The lowest BCUT2D eigenvalue weighted by Gasteiger charge is -2.18. The summed E-state index contributed by atoms with van der Waals surface area (Å²) in [5, 5.41) is 1.60. The summed E-state index contributed by atoms with van der Waals surface area (Å²) in [7, 11) is 3.06. The fourth-order valence-electron chi connectivity index (χ4n) is 3.03. The van der Waals surface area contributed by atoms with Crippen LogP contribution in [0.2, 0.25) is 0 Å². The van der Waals surface area contributed by atoms with Crippen LogP contribution in [0.25, 0.3) is 10.8 Å². The molecule has 0 fully saturated rings. The molecule has 0 bridgehead atoms. The zero-order valence-corrected chi connectivity index (χ0v) is 13.7. The van der Waals surface area contributed by atoms with E-state index in [4.69, 9.17) is 9.47 Å². The molecule has 0 aliphatic carbocycles. The van der Waals surface area contributed by atoms with E-state index >= 15 is 0 Å². The van der Waals surface area contributed by atoms with Gasteiger partial charge in [-0.05, 0) is 19.1 Å². The maximum atomic E-state index is 14.1. The van der Waals surface area contributed by atoms with Gasteiger partial charge < -0.3 is 9.47 Å². The van der Waals surface area contributed by atoms with Gasteiger partial charge in [0.2, 0.25) is 0 Å². The third-order valence-corrected chi connectivity index (χ3v) is 4.11. The van der Waals surface area contributed by atoms with Gasteiger partial charge >= 0.3 is 0 Å². The first-order valence-corrected chi connectivity index (χ1v) is 7.52. The second kappa shape index (κ2) is 6.32. The topological polar surface area (TPSA) is 35.5 Å². The van der Waals surface area contributed by atoms with Crippen LogP contribution >= 0.6 is 0 Å². The molecule has 3 rings (SSSR count). The molecule has 122 valence electrons. The van der Waals surface area contributed by atoms with Crippen molar-refractivity contribution in [3.8, 4) is 11.5 Å². The second-order valence-electron chi connectivity index (χ2n) is 5.42. The first kappa shape index (κ1) is 16.0. The molecular weight excluding hydrogens is 307 g/mol. The molecule has 0 saturated carbocycles. The van der Waals surface area contributed by atoms with Crippen LogP contribution < -0.4 is 9.47 Å². The minimum Gasteiger partial charge on any atom is -0.496 e. The first-order chi connectivity index (χ1) is 11.6. The third kappa shape index (κ3) is 2.40. The lowest BCUT2D eigenvalue weighted by Crippen LogP contribution is -2.10. The molecule has 0 aliphatic heterocycles. The number of benzene rings is 3. The summed E-state index contributed by atoms with van der Waals surface area (Å²) in [4.78, 5) is 13.0. The minimum absolute atomic E-state index is 0.0104. The Balaban J connectivity index is 2.37. The van der Waals surface area contributed by atoms with Crippen molar-refractivity contribution < 1.29 is 18.7 Å². The number of hydrogen-bond donors (Lipinski definition) is 0. The summed E-state index contributed by atoms with van der Waals surface area (Å²) in [6, 6.07) is 13.4. The van der Waals surface area contributed by atoms with E-state index in [1.54, 1.807) is 26.2 Å². The first-order valence-electron chi connectivity index (χ1n) is 7.52. The van der Waals surface area contributed by atoms with Gasteiger partial charge in [-0.1, -0.05) is 36.4 Å². The molecule has 24 heavy (non-hydrogen) atoms. The molecule has 0 saturated heterocycles. The summed E-state index contributed by atoms with van der Waals surface area (Å²) in [6.07, 6.45) is 0. The molecule has 0 aromatic heterocycles. The van der Waals surface area contributed by atoms with Crippen molar-refractivity contribution in [2.75, 3.05) is 14.2 Å². The molecule has 0 amide bonds. The molecular formula is C20H17FO3. The number of ketones is 1. The molecule has 3 aromatic carbocycles. The third-order valence-electron chi connectivity index (χ3n) is 4.11. The van der Waals surface area contributed by atoms with Gasteiger partial charge in [-0.3, -0.25) is 4.79 Å². The number of carbonyl (C=O) groups excluding carboxylic acids is 1. The summed E-state index contributed by atoms with van der Waals surface area (Å²) < 4.78 is 25.1. The number of rotatable bonds is 4. The van der Waals surface area contributed by atoms with Gasteiger partial charge in [0.1, 0.15) is 17.3 Å². The maximum Gasteiger partial charge on any atom is 0.200 e. The average Bonchev–Trinajstić information content (AvgIpc) is 2.60. The van der Waals surface area contributed by atoms with Crippen LogP contribution in [0, 0.1) is 12.7 Å². The highest BCUT2D eigenvalue weighted by Crippen LogP contribution is 2.41. The van der Waals surface area contributed by atoms with Crippen molar-refractivity contribution >= 4 is 16.6 Å². The molecule has 0 spiro atoms. The Labute approximate surface area is 139 Å². The van der Waals surface area contributed by atoms with Crippen molar-refractivity contribution in [1.82, 2.24) is 0 Å². The van der Waals surface area contributed by atoms with Crippen molar-refractivity contribution in [3.05, 3.63) is 71.0 Å². The zero-order valence-electron chi connectivity index (χ0n) is 13.7. The van der Waals surface area contributed by atoms with E-state index < -0.39 is 11.6 Å². The van der Waals surface area contributed by atoms with E-state index in [-0.39, 0.29) is 5.56 Å². The zero-order chi connectivity index (χ0) is 17.3. The van der Waals surface area contributed by atoms with Gasteiger partial charge in [-0.2, -0.15) is 0 Å². The number of carbonyl (C=O) groups is 1. The Bertz CT molecular complexity index is 932. The second-order valence-corrected chi connectivity index (χ2v) is 5.42. The molecule has 3 aromatic rings. The smallest absolute Gasteiger partial charge is 0.200 e. The molecule has 0 radical (unpaired) electrons. The highest BCUT2D eigenvalue weighted by atomic mass is 19.1. The van der Waals surface area contributed by atoms with Crippen LogP contribution in [0.3, 0.4) is 0 Å². The van der Waals surface area contributed by atoms with E-state index in [0.29, 0.717) is 22.6 Å². The molecule has 4 heteroatoms. The Kier molecular flexibility index (Phi) is 4.21. The quantitative estimate of drug-likeness (QED) is 0.661. The van der Waals surface area contributed by atoms with Crippen LogP contribution in [0.1, 0.15) is 21.5 Å². The average molecular weight is 324 g/mol. The summed E-state index contributed by atoms with van der Waals surface area (Å²) in [5.41, 5.74) is 0.954. The van der Waals surface area contributed by atoms with Crippen LogP contribution in [-0.4, -0.2) is 20.0 Å². The lowest BCUT2D eigenvalue weighted by atomic mass is 9.93. The Hall–Kier alpha value is -2.88. The summed E-state index contributed by atoms with van der Waals surface area (Å²) in [5.74, 6) is 0.0332. The van der Waals surface area contributed by atoms with Crippen molar-refractivity contribution in [2.45, 2.75) is 6.92 Å². The predicted octanol–water partition coefficient (Wildman–Crippen LogP) is 4.54. The number of ether oxygens (including phenoxy) is 2. The standard InChI is InChI=1S/C20H17FO3/c1-12-17(18(22)15-10-6-7-11-16(15)21)20(24-3)14-9-5-4-8-13(14)19(12)23-2/h4-11H,1-3H3. The van der Waals surface area contributed by atoms with E-state index in [1.807, 2.05) is 24.3 Å². The maximum absolute atomic E-state index is 14.1. The van der Waals surface area contributed by atoms with Gasteiger partial charge in [-0.15, -0.1) is 0 Å². The van der Waals surface area contributed by atoms with Crippen LogP contribution in [0.5, 0.6) is 11.5 Å². The lowest BCUT2D eigenvalue weighted by molar-refractivity contribution is 0.103. The van der Waals surface area contributed by atoms with Gasteiger partial charge in [-0.25, -0.2) is 4.39 Å². The van der Waals surface area contributed by atoms with Crippen LogP contribution in [0.15, 0.2) is 48.5 Å². The largest absolute Gasteiger partial charge is 0.496 e. The predicted molar refractivity (Wildman–Crippen MR) is 91.6 cm³/mol. The number of methoxy groups -OCH3 is 2. The van der Waals surface area contributed by atoms with E-state index in [2.05, 4.69) is 0 Å². The van der Waals surface area contributed by atoms with Gasteiger partial charge in [0, 0.05) is 16.3 Å². The molecule has 0 N–H and O–H groups in total. The number of halogens is 1. The van der Waals surface area contributed by atoms with Gasteiger partial charge in [0.05, 0.1) is 25.3 Å². The fourth-order valence-corrected chi connectivity index (χ4v) is 3.03. The SMILES string of the molecule is COc1c(C)c(C(=O)c2ccccc2F)c(OC)c2ccccc12. The summed E-state index contributed by atoms with van der Waals surface area (Å²) in [6.45, 7) is 1.78. The monoisotopic (exact) mass is 324 g/mol. The fraction of sp³-hybridized carbons (Fsp3) is 0.150. The number of hydrogen-bond acceptors (Lipinski definition) is 3. The molecule has 3 nitrogen and oxygen atoms in total. The Morgan fingerprint density at radius 1 is 0.875 bits per heavy atom.